The fraction of sp³-hybridized carbons (Fsp3) is 0.412. The van der Waals surface area contributed by atoms with Gasteiger partial charge >= 0.3 is 0 Å². The lowest BCUT2D eigenvalue weighted by Crippen LogP contribution is -2.29. The van der Waals surface area contributed by atoms with Crippen LogP contribution >= 0.6 is 11.6 Å². The second-order valence-corrected chi connectivity index (χ2v) is 6.30. The van der Waals surface area contributed by atoms with E-state index in [9.17, 15) is 4.39 Å². The number of anilines is 3. The van der Waals surface area contributed by atoms with Crippen LogP contribution in [0.1, 0.15) is 25.7 Å². The Bertz CT molecular complexity index is 692. The first-order valence-corrected chi connectivity index (χ1v) is 8.35. The highest BCUT2D eigenvalue weighted by Gasteiger charge is 2.20. The molecule has 0 amide bonds. The largest absolute Gasteiger partial charge is 0.381 e. The minimum absolute atomic E-state index is 0.0716. The van der Waals surface area contributed by atoms with Gasteiger partial charge in [-0.2, -0.15) is 0 Å². The van der Waals surface area contributed by atoms with Crippen molar-refractivity contribution in [2.24, 2.45) is 0 Å². The molecule has 1 fully saturated rings. The highest BCUT2D eigenvalue weighted by molar-refractivity contribution is 6.31. The standard InChI is InChI=1S/C17H20ClFN4O/c1-24-13-5-2-11(3-6-13)22-16-9-17(21-10-20-16)23-12-4-7-15(19)14(18)8-12/h4,7-11,13H,2-3,5-6H2,1H3,(H2,20,21,22,23). The Morgan fingerprint density at radius 3 is 2.58 bits per heavy atom. The minimum Gasteiger partial charge on any atom is -0.381 e. The first kappa shape index (κ1) is 16.9. The number of nitrogens with one attached hydrogen (secondary N) is 2. The van der Waals surface area contributed by atoms with Crippen molar-refractivity contribution < 1.29 is 9.13 Å². The smallest absolute Gasteiger partial charge is 0.141 e. The predicted octanol–water partition coefficient (Wildman–Crippen LogP) is 4.38. The number of benzene rings is 1. The summed E-state index contributed by atoms with van der Waals surface area (Å²) in [6.45, 7) is 0. The number of halogens is 2. The maximum absolute atomic E-state index is 13.2. The topological polar surface area (TPSA) is 59.1 Å². The number of ether oxygens (including phenoxy) is 1. The van der Waals surface area contributed by atoms with E-state index in [4.69, 9.17) is 16.3 Å². The summed E-state index contributed by atoms with van der Waals surface area (Å²) in [7, 11) is 1.77. The van der Waals surface area contributed by atoms with Crippen LogP contribution in [-0.2, 0) is 4.74 Å². The monoisotopic (exact) mass is 350 g/mol. The summed E-state index contributed by atoms with van der Waals surface area (Å²) in [6, 6.07) is 6.68. The molecule has 5 nitrogen and oxygen atoms in total. The molecule has 0 bridgehead atoms. The van der Waals surface area contributed by atoms with Crippen LogP contribution in [0.3, 0.4) is 0 Å². The van der Waals surface area contributed by atoms with Gasteiger partial charge < -0.3 is 15.4 Å². The van der Waals surface area contributed by atoms with Crippen LogP contribution in [0.25, 0.3) is 0 Å². The summed E-state index contributed by atoms with van der Waals surface area (Å²) >= 11 is 5.79. The zero-order chi connectivity index (χ0) is 16.9. The summed E-state index contributed by atoms with van der Waals surface area (Å²) in [5, 5.41) is 6.61. The number of aromatic nitrogens is 2. The van der Waals surface area contributed by atoms with E-state index < -0.39 is 5.82 Å². The van der Waals surface area contributed by atoms with Gasteiger partial charge in [0.15, 0.2) is 0 Å². The van der Waals surface area contributed by atoms with E-state index >= 15 is 0 Å². The number of hydrogen-bond donors (Lipinski definition) is 2. The van der Waals surface area contributed by atoms with Crippen molar-refractivity contribution in [2.75, 3.05) is 17.7 Å². The van der Waals surface area contributed by atoms with Gasteiger partial charge in [0.2, 0.25) is 0 Å². The van der Waals surface area contributed by atoms with Gasteiger partial charge in [0.05, 0.1) is 11.1 Å². The highest BCUT2D eigenvalue weighted by Crippen LogP contribution is 2.25. The van der Waals surface area contributed by atoms with Gasteiger partial charge in [-0.1, -0.05) is 11.6 Å². The van der Waals surface area contributed by atoms with Gasteiger partial charge in [-0.15, -0.1) is 0 Å². The quantitative estimate of drug-likeness (QED) is 0.837. The fourth-order valence-electron chi connectivity index (χ4n) is 2.88. The molecule has 0 spiro atoms. The first-order valence-electron chi connectivity index (χ1n) is 7.97. The Morgan fingerprint density at radius 1 is 1.12 bits per heavy atom. The average molecular weight is 351 g/mol. The number of methoxy groups -OCH3 is 1. The van der Waals surface area contributed by atoms with Gasteiger partial charge in [0.25, 0.3) is 0 Å². The number of nitrogens with zero attached hydrogens (tertiary/aromatic N) is 2. The number of hydrogen-bond acceptors (Lipinski definition) is 5. The summed E-state index contributed by atoms with van der Waals surface area (Å²) in [4.78, 5) is 8.45. The van der Waals surface area contributed by atoms with Crippen molar-refractivity contribution in [3.05, 3.63) is 41.4 Å². The van der Waals surface area contributed by atoms with E-state index in [0.29, 0.717) is 23.7 Å². The maximum Gasteiger partial charge on any atom is 0.141 e. The first-order chi connectivity index (χ1) is 11.6. The molecule has 0 atom stereocenters. The highest BCUT2D eigenvalue weighted by atomic mass is 35.5. The number of rotatable bonds is 5. The molecular weight excluding hydrogens is 331 g/mol. The van der Waals surface area contributed by atoms with Crippen molar-refractivity contribution in [1.29, 1.82) is 0 Å². The van der Waals surface area contributed by atoms with Gasteiger partial charge in [-0.3, -0.25) is 0 Å². The van der Waals surface area contributed by atoms with Crippen LogP contribution in [0.4, 0.5) is 21.7 Å². The second-order valence-electron chi connectivity index (χ2n) is 5.90. The molecule has 24 heavy (non-hydrogen) atoms. The molecule has 1 aliphatic rings. The Balaban J connectivity index is 1.62. The summed E-state index contributed by atoms with van der Waals surface area (Å²) in [5.41, 5.74) is 0.673. The average Bonchev–Trinajstić information content (AvgIpc) is 2.59. The Hall–Kier alpha value is -1.92. The van der Waals surface area contributed by atoms with E-state index in [1.54, 1.807) is 13.2 Å². The van der Waals surface area contributed by atoms with Crippen molar-refractivity contribution in [2.45, 2.75) is 37.8 Å². The summed E-state index contributed by atoms with van der Waals surface area (Å²) in [6.07, 6.45) is 6.08. The van der Waals surface area contributed by atoms with E-state index in [1.807, 2.05) is 6.07 Å². The Morgan fingerprint density at radius 2 is 1.88 bits per heavy atom. The van der Waals surface area contributed by atoms with Gasteiger partial charge in [-0.25, -0.2) is 14.4 Å². The van der Waals surface area contributed by atoms with Gasteiger partial charge in [-0.05, 0) is 43.9 Å². The predicted molar refractivity (Wildman–Crippen MR) is 93.4 cm³/mol. The lowest BCUT2D eigenvalue weighted by molar-refractivity contribution is 0.0681. The molecular formula is C17H20ClFN4O. The molecule has 2 N–H and O–H groups in total. The van der Waals surface area contributed by atoms with Crippen molar-refractivity contribution in [3.63, 3.8) is 0 Å². The van der Waals surface area contributed by atoms with Crippen molar-refractivity contribution in [3.8, 4) is 0 Å². The molecule has 0 aliphatic heterocycles. The molecule has 1 aromatic heterocycles. The second kappa shape index (κ2) is 7.77. The molecule has 1 aromatic carbocycles. The minimum atomic E-state index is -0.445. The molecule has 3 rings (SSSR count). The molecule has 2 aromatic rings. The van der Waals surface area contributed by atoms with E-state index in [2.05, 4.69) is 20.6 Å². The molecule has 7 heteroatoms. The third-order valence-corrected chi connectivity index (χ3v) is 4.51. The van der Waals surface area contributed by atoms with Crippen LogP contribution in [0.5, 0.6) is 0 Å². The lowest BCUT2D eigenvalue weighted by Gasteiger charge is -2.28. The molecule has 1 saturated carbocycles. The van der Waals surface area contributed by atoms with Crippen molar-refractivity contribution in [1.82, 2.24) is 9.97 Å². The zero-order valence-corrected chi connectivity index (χ0v) is 14.2. The third-order valence-electron chi connectivity index (χ3n) is 4.22. The Kier molecular flexibility index (Phi) is 5.48. The maximum atomic E-state index is 13.2. The van der Waals surface area contributed by atoms with Crippen LogP contribution in [-0.4, -0.2) is 29.2 Å². The summed E-state index contributed by atoms with van der Waals surface area (Å²) in [5.74, 6) is 0.946. The van der Waals surface area contributed by atoms with Gasteiger partial charge in [0, 0.05) is 24.9 Å². The lowest BCUT2D eigenvalue weighted by atomic mass is 9.93. The van der Waals surface area contributed by atoms with Crippen LogP contribution in [0.15, 0.2) is 30.6 Å². The van der Waals surface area contributed by atoms with E-state index in [0.717, 1.165) is 31.5 Å². The van der Waals surface area contributed by atoms with Crippen LogP contribution < -0.4 is 10.6 Å². The Labute approximate surface area is 145 Å². The summed E-state index contributed by atoms with van der Waals surface area (Å²) < 4.78 is 18.6. The van der Waals surface area contributed by atoms with E-state index in [-0.39, 0.29) is 5.02 Å². The van der Waals surface area contributed by atoms with Gasteiger partial charge in [0.1, 0.15) is 23.8 Å². The molecule has 0 radical (unpaired) electrons. The molecule has 1 heterocycles. The third kappa shape index (κ3) is 4.33. The molecule has 128 valence electrons. The SMILES string of the molecule is COC1CCC(Nc2cc(Nc3ccc(F)c(Cl)c3)ncn2)CC1. The normalized spacial score (nSPS) is 20.6. The fourth-order valence-corrected chi connectivity index (χ4v) is 3.06. The molecule has 0 unspecified atom stereocenters. The van der Waals surface area contributed by atoms with Crippen LogP contribution in [0, 0.1) is 5.82 Å². The van der Waals surface area contributed by atoms with Crippen molar-refractivity contribution >= 4 is 28.9 Å². The zero-order valence-electron chi connectivity index (χ0n) is 13.4. The van der Waals surface area contributed by atoms with Crippen LogP contribution in [0.2, 0.25) is 5.02 Å². The molecule has 1 aliphatic carbocycles. The van der Waals surface area contributed by atoms with E-state index in [1.165, 1.54) is 18.5 Å². The molecule has 0 saturated heterocycles.